The lowest BCUT2D eigenvalue weighted by molar-refractivity contribution is -0.119. The Kier molecular flexibility index (Phi) is 4.59. The average molecular weight is 357 g/mol. The molecule has 2 heterocycles. The van der Waals surface area contributed by atoms with E-state index in [1.165, 1.54) is 11.3 Å². The van der Waals surface area contributed by atoms with E-state index in [2.05, 4.69) is 31.3 Å². The van der Waals surface area contributed by atoms with Crippen LogP contribution >= 0.6 is 27.3 Å². The van der Waals surface area contributed by atoms with Gasteiger partial charge in [-0.1, -0.05) is 6.92 Å². The van der Waals surface area contributed by atoms with Crippen molar-refractivity contribution >= 4 is 38.3 Å². The maximum absolute atomic E-state index is 12.1. The number of aryl methyl sites for hydroxylation is 2. The maximum atomic E-state index is 12.1. The van der Waals surface area contributed by atoms with Crippen LogP contribution in [0.2, 0.25) is 0 Å². The minimum atomic E-state index is -0.177. The smallest absolute Gasteiger partial charge is 0.230 e. The number of thiazole rings is 1. The maximum Gasteiger partial charge on any atom is 0.230 e. The van der Waals surface area contributed by atoms with Crippen LogP contribution < -0.4 is 5.32 Å². The second kappa shape index (κ2) is 6.05. The highest BCUT2D eigenvalue weighted by Gasteiger charge is 2.18. The van der Waals surface area contributed by atoms with E-state index in [9.17, 15) is 4.79 Å². The Morgan fingerprint density at radius 2 is 2.20 bits per heavy atom. The number of hydrogen-bond donors (Lipinski definition) is 1. The van der Waals surface area contributed by atoms with E-state index in [1.807, 2.05) is 32.4 Å². The molecule has 0 spiro atoms. The summed E-state index contributed by atoms with van der Waals surface area (Å²) < 4.78 is 2.86. The molecular formula is C13H17BrN4OS. The number of halogens is 1. The molecule has 1 N–H and O–H groups in total. The predicted octanol–water partition coefficient (Wildman–Crippen LogP) is 3.30. The van der Waals surface area contributed by atoms with Gasteiger partial charge in [0.2, 0.25) is 5.91 Å². The molecule has 2 aromatic rings. The van der Waals surface area contributed by atoms with Gasteiger partial charge in [0.05, 0.1) is 22.6 Å². The van der Waals surface area contributed by atoms with Gasteiger partial charge in [-0.2, -0.15) is 5.10 Å². The molecule has 108 valence electrons. The highest BCUT2D eigenvalue weighted by molar-refractivity contribution is 9.10. The first kappa shape index (κ1) is 15.2. The van der Waals surface area contributed by atoms with Gasteiger partial charge in [-0.3, -0.25) is 9.48 Å². The number of anilines is 1. The third-order valence-electron chi connectivity index (χ3n) is 3.04. The Morgan fingerprint density at radius 3 is 2.70 bits per heavy atom. The van der Waals surface area contributed by atoms with Crippen LogP contribution in [0.5, 0.6) is 0 Å². The third-order valence-corrected chi connectivity index (χ3v) is 5.01. The van der Waals surface area contributed by atoms with Gasteiger partial charge < -0.3 is 5.32 Å². The molecular weight excluding hydrogens is 340 g/mol. The molecule has 0 aromatic carbocycles. The lowest BCUT2D eigenvalue weighted by Crippen LogP contribution is -2.25. The summed E-state index contributed by atoms with van der Waals surface area (Å²) in [6.45, 7) is 8.33. The summed E-state index contributed by atoms with van der Waals surface area (Å²) in [5, 5.41) is 7.91. The molecule has 1 amide bonds. The second-order valence-corrected chi connectivity index (χ2v) is 6.86. The largest absolute Gasteiger partial charge is 0.302 e. The third kappa shape index (κ3) is 3.27. The quantitative estimate of drug-likeness (QED) is 0.913. The molecule has 0 aliphatic rings. The monoisotopic (exact) mass is 356 g/mol. The second-order valence-electron chi connectivity index (χ2n) is 4.83. The molecule has 2 aromatic heterocycles. The van der Waals surface area contributed by atoms with Crippen molar-refractivity contribution in [3.05, 3.63) is 26.9 Å². The SMILES string of the molecule is Cc1cnc(NC(=O)[C@H](C)Cn2nc(C)c(Br)c2C)s1. The number of carbonyl (C=O) groups excluding carboxylic acids is 1. The fourth-order valence-corrected chi connectivity index (χ4v) is 2.79. The molecule has 0 radical (unpaired) electrons. The number of hydrogen-bond acceptors (Lipinski definition) is 4. The number of nitrogens with zero attached hydrogens (tertiary/aromatic N) is 3. The van der Waals surface area contributed by atoms with Gasteiger partial charge in [-0.05, 0) is 36.7 Å². The Labute approximate surface area is 130 Å². The molecule has 7 heteroatoms. The van der Waals surface area contributed by atoms with Crippen LogP contribution in [0.1, 0.15) is 23.2 Å². The van der Waals surface area contributed by atoms with Crippen molar-refractivity contribution in [1.29, 1.82) is 0 Å². The summed E-state index contributed by atoms with van der Waals surface area (Å²) in [5.41, 5.74) is 1.97. The summed E-state index contributed by atoms with van der Waals surface area (Å²) in [4.78, 5) is 17.3. The first-order valence-corrected chi connectivity index (χ1v) is 7.92. The van der Waals surface area contributed by atoms with E-state index >= 15 is 0 Å². The fourth-order valence-electron chi connectivity index (χ4n) is 1.84. The lowest BCUT2D eigenvalue weighted by Gasteiger charge is -2.12. The summed E-state index contributed by atoms with van der Waals surface area (Å²) in [5.74, 6) is -0.216. The first-order valence-electron chi connectivity index (χ1n) is 6.31. The normalized spacial score (nSPS) is 12.4. The molecule has 0 saturated heterocycles. The minimum absolute atomic E-state index is 0.0389. The lowest BCUT2D eigenvalue weighted by atomic mass is 10.1. The molecule has 0 bridgehead atoms. The van der Waals surface area contributed by atoms with Crippen LogP contribution in [-0.4, -0.2) is 20.7 Å². The zero-order valence-corrected chi connectivity index (χ0v) is 14.3. The average Bonchev–Trinajstić information content (AvgIpc) is 2.89. The standard InChI is InChI=1S/C13H17BrN4OS/c1-7(6-18-10(4)11(14)9(3)17-18)12(19)16-13-15-5-8(2)20-13/h5,7H,6H2,1-4H3,(H,15,16,19)/t7-/m1/s1. The summed E-state index contributed by atoms with van der Waals surface area (Å²) in [6.07, 6.45) is 1.75. The number of aromatic nitrogens is 3. The van der Waals surface area contributed by atoms with Crippen molar-refractivity contribution in [3.63, 3.8) is 0 Å². The molecule has 0 aliphatic heterocycles. The van der Waals surface area contributed by atoms with E-state index in [-0.39, 0.29) is 11.8 Å². The Bertz CT molecular complexity index is 634. The number of rotatable bonds is 4. The molecule has 2 rings (SSSR count). The molecule has 5 nitrogen and oxygen atoms in total. The van der Waals surface area contributed by atoms with E-state index in [4.69, 9.17) is 0 Å². The molecule has 0 unspecified atom stereocenters. The Morgan fingerprint density at radius 1 is 1.50 bits per heavy atom. The van der Waals surface area contributed by atoms with Gasteiger partial charge in [0, 0.05) is 16.8 Å². The van der Waals surface area contributed by atoms with Crippen molar-refractivity contribution in [2.24, 2.45) is 5.92 Å². The van der Waals surface area contributed by atoms with Crippen LogP contribution in [0.4, 0.5) is 5.13 Å². The number of amides is 1. The fraction of sp³-hybridized carbons (Fsp3) is 0.462. The summed E-state index contributed by atoms with van der Waals surface area (Å²) in [7, 11) is 0. The van der Waals surface area contributed by atoms with Crippen molar-refractivity contribution in [2.75, 3.05) is 5.32 Å². The Balaban J connectivity index is 2.02. The van der Waals surface area contributed by atoms with Crippen molar-refractivity contribution in [2.45, 2.75) is 34.2 Å². The molecule has 20 heavy (non-hydrogen) atoms. The van der Waals surface area contributed by atoms with Crippen molar-refractivity contribution in [3.8, 4) is 0 Å². The minimum Gasteiger partial charge on any atom is -0.302 e. The van der Waals surface area contributed by atoms with Gasteiger partial charge in [0.25, 0.3) is 0 Å². The topological polar surface area (TPSA) is 59.8 Å². The van der Waals surface area contributed by atoms with E-state index in [1.54, 1.807) is 6.20 Å². The van der Waals surface area contributed by atoms with Crippen LogP contribution in [0.25, 0.3) is 0 Å². The van der Waals surface area contributed by atoms with Gasteiger partial charge >= 0.3 is 0 Å². The van der Waals surface area contributed by atoms with Crippen LogP contribution in [-0.2, 0) is 11.3 Å². The molecule has 0 aliphatic carbocycles. The molecule has 1 atom stereocenters. The van der Waals surface area contributed by atoms with Gasteiger partial charge in [-0.15, -0.1) is 11.3 Å². The van der Waals surface area contributed by atoms with Gasteiger partial charge in [-0.25, -0.2) is 4.98 Å². The summed E-state index contributed by atoms with van der Waals surface area (Å²) >= 11 is 4.97. The van der Waals surface area contributed by atoms with Crippen molar-refractivity contribution < 1.29 is 4.79 Å². The van der Waals surface area contributed by atoms with Crippen LogP contribution in [0.15, 0.2) is 10.7 Å². The zero-order chi connectivity index (χ0) is 14.9. The van der Waals surface area contributed by atoms with Crippen LogP contribution in [0.3, 0.4) is 0 Å². The van der Waals surface area contributed by atoms with E-state index < -0.39 is 0 Å². The molecule has 0 saturated carbocycles. The van der Waals surface area contributed by atoms with E-state index in [0.717, 1.165) is 20.7 Å². The zero-order valence-electron chi connectivity index (χ0n) is 11.9. The first-order chi connectivity index (χ1) is 9.38. The predicted molar refractivity (Wildman–Crippen MR) is 84.0 cm³/mol. The number of nitrogens with one attached hydrogen (secondary N) is 1. The van der Waals surface area contributed by atoms with E-state index in [0.29, 0.717) is 11.7 Å². The van der Waals surface area contributed by atoms with Crippen molar-refractivity contribution in [1.82, 2.24) is 14.8 Å². The van der Waals surface area contributed by atoms with Crippen LogP contribution in [0, 0.1) is 26.7 Å². The molecule has 0 fully saturated rings. The highest BCUT2D eigenvalue weighted by atomic mass is 79.9. The highest BCUT2D eigenvalue weighted by Crippen LogP contribution is 2.21. The van der Waals surface area contributed by atoms with Gasteiger partial charge in [0.1, 0.15) is 0 Å². The Hall–Kier alpha value is -1.21. The van der Waals surface area contributed by atoms with Gasteiger partial charge in [0.15, 0.2) is 5.13 Å². The summed E-state index contributed by atoms with van der Waals surface area (Å²) in [6, 6.07) is 0. The number of carbonyl (C=O) groups is 1.